The van der Waals surface area contributed by atoms with Crippen molar-refractivity contribution in [2.24, 2.45) is 11.5 Å². The van der Waals surface area contributed by atoms with Crippen molar-refractivity contribution in [3.8, 4) is 11.5 Å². The number of nitrogens with one attached hydrogen (secondary N) is 2. The predicted octanol–water partition coefficient (Wildman–Crippen LogP) is 4.05. The number of hydrogen-bond acceptors (Lipinski definition) is 4. The van der Waals surface area contributed by atoms with Crippen LogP contribution in [0.1, 0.15) is 49.7 Å². The fourth-order valence-corrected chi connectivity index (χ4v) is 2.75. The van der Waals surface area contributed by atoms with Crippen molar-refractivity contribution < 1.29 is 9.47 Å². The number of benzene rings is 2. The molecule has 150 valence electrons. The van der Waals surface area contributed by atoms with Crippen molar-refractivity contribution >= 4 is 11.7 Å². The second kappa shape index (κ2) is 11.6. The van der Waals surface area contributed by atoms with Gasteiger partial charge in [0.15, 0.2) is 0 Å². The molecule has 2 aromatic rings. The first-order chi connectivity index (χ1) is 13.6. The molecule has 0 bridgehead atoms. The van der Waals surface area contributed by atoms with E-state index < -0.39 is 0 Å². The van der Waals surface area contributed by atoms with Crippen molar-refractivity contribution in [2.75, 3.05) is 13.2 Å². The Morgan fingerprint density at radius 2 is 0.893 bits per heavy atom. The average Bonchev–Trinajstić information content (AvgIpc) is 2.70. The Labute approximate surface area is 166 Å². The van der Waals surface area contributed by atoms with Crippen LogP contribution in [-0.4, -0.2) is 24.9 Å². The third kappa shape index (κ3) is 7.70. The molecule has 0 aromatic heterocycles. The first-order valence-electron chi connectivity index (χ1n) is 9.71. The van der Waals surface area contributed by atoms with Gasteiger partial charge in [0.25, 0.3) is 0 Å². The lowest BCUT2D eigenvalue weighted by atomic mass is 10.1. The van der Waals surface area contributed by atoms with Gasteiger partial charge in [-0.15, -0.1) is 0 Å². The summed E-state index contributed by atoms with van der Waals surface area (Å²) in [7, 11) is 0. The van der Waals surface area contributed by atoms with Crippen LogP contribution < -0.4 is 20.9 Å². The predicted molar refractivity (Wildman–Crippen MR) is 114 cm³/mol. The third-order valence-corrected chi connectivity index (χ3v) is 4.41. The SMILES string of the molecule is N=C(N)c1ccc(OCCCCCCCCOc2ccc(C(=N)N)cc2)cc1. The van der Waals surface area contributed by atoms with E-state index in [0.717, 1.165) is 37.2 Å². The van der Waals surface area contributed by atoms with Gasteiger partial charge in [-0.2, -0.15) is 0 Å². The summed E-state index contributed by atoms with van der Waals surface area (Å²) in [6, 6.07) is 14.6. The number of hydrogen-bond donors (Lipinski definition) is 4. The van der Waals surface area contributed by atoms with Crippen LogP contribution in [0.3, 0.4) is 0 Å². The van der Waals surface area contributed by atoms with Crippen LogP contribution in [0.4, 0.5) is 0 Å². The van der Waals surface area contributed by atoms with Gasteiger partial charge in [-0.05, 0) is 61.4 Å². The van der Waals surface area contributed by atoms with Crippen molar-refractivity contribution in [1.82, 2.24) is 0 Å². The van der Waals surface area contributed by atoms with Crippen molar-refractivity contribution in [1.29, 1.82) is 10.8 Å². The minimum atomic E-state index is 0.0721. The number of nitrogen functional groups attached to an aromatic ring is 2. The molecule has 0 atom stereocenters. The summed E-state index contributed by atoms with van der Waals surface area (Å²) in [5.41, 5.74) is 12.3. The molecule has 0 fully saturated rings. The summed E-state index contributed by atoms with van der Waals surface area (Å²) in [5.74, 6) is 1.78. The van der Waals surface area contributed by atoms with Crippen LogP contribution in [0.2, 0.25) is 0 Å². The Bertz CT molecular complexity index is 677. The first-order valence-corrected chi connectivity index (χ1v) is 9.71. The summed E-state index contributed by atoms with van der Waals surface area (Å²) in [4.78, 5) is 0. The molecular weight excluding hydrogens is 352 g/mol. The smallest absolute Gasteiger partial charge is 0.122 e. The molecule has 6 heteroatoms. The molecule has 0 saturated carbocycles. The Balaban J connectivity index is 1.45. The van der Waals surface area contributed by atoms with Gasteiger partial charge in [-0.25, -0.2) is 0 Å². The standard InChI is InChI=1S/C22H30N4O2/c23-21(24)17-7-11-19(12-8-17)27-15-5-3-1-2-4-6-16-28-20-13-9-18(10-14-20)22(25)26/h7-14H,1-6,15-16H2,(H3,23,24)(H3,25,26). The van der Waals surface area contributed by atoms with E-state index in [1.165, 1.54) is 12.8 Å². The Morgan fingerprint density at radius 3 is 1.21 bits per heavy atom. The van der Waals surface area contributed by atoms with Gasteiger partial charge in [0.1, 0.15) is 23.2 Å². The molecule has 6 nitrogen and oxygen atoms in total. The highest BCUT2D eigenvalue weighted by atomic mass is 16.5. The molecule has 0 amide bonds. The first kappa shape index (κ1) is 21.3. The van der Waals surface area contributed by atoms with E-state index in [4.69, 9.17) is 31.8 Å². The normalized spacial score (nSPS) is 10.4. The summed E-state index contributed by atoms with van der Waals surface area (Å²) in [6.07, 6.45) is 6.76. The Hall–Kier alpha value is -3.02. The second-order valence-electron chi connectivity index (χ2n) is 6.69. The highest BCUT2D eigenvalue weighted by molar-refractivity contribution is 5.95. The summed E-state index contributed by atoms with van der Waals surface area (Å²) in [5, 5.41) is 14.7. The van der Waals surface area contributed by atoms with Crippen molar-refractivity contribution in [3.63, 3.8) is 0 Å². The zero-order chi connectivity index (χ0) is 20.2. The van der Waals surface area contributed by atoms with Crippen molar-refractivity contribution in [2.45, 2.75) is 38.5 Å². The van der Waals surface area contributed by atoms with Gasteiger partial charge in [-0.3, -0.25) is 10.8 Å². The van der Waals surface area contributed by atoms with E-state index in [-0.39, 0.29) is 11.7 Å². The van der Waals surface area contributed by atoms with Crippen LogP contribution >= 0.6 is 0 Å². The van der Waals surface area contributed by atoms with Crippen LogP contribution in [0, 0.1) is 10.8 Å². The molecule has 0 unspecified atom stereocenters. The lowest BCUT2D eigenvalue weighted by Crippen LogP contribution is -2.10. The quantitative estimate of drug-likeness (QED) is 0.237. The molecular formula is C22H30N4O2. The van der Waals surface area contributed by atoms with E-state index in [1.807, 2.05) is 24.3 Å². The van der Waals surface area contributed by atoms with Gasteiger partial charge in [0.2, 0.25) is 0 Å². The zero-order valence-corrected chi connectivity index (χ0v) is 16.2. The lowest BCUT2D eigenvalue weighted by molar-refractivity contribution is 0.297. The van der Waals surface area contributed by atoms with Crippen LogP contribution in [0.25, 0.3) is 0 Å². The lowest BCUT2D eigenvalue weighted by Gasteiger charge is -2.08. The molecule has 0 radical (unpaired) electrons. The molecule has 2 rings (SSSR count). The van der Waals surface area contributed by atoms with Gasteiger partial charge >= 0.3 is 0 Å². The fraction of sp³-hybridized carbons (Fsp3) is 0.364. The molecule has 0 heterocycles. The molecule has 0 spiro atoms. The minimum absolute atomic E-state index is 0.0721. The van der Waals surface area contributed by atoms with Gasteiger partial charge < -0.3 is 20.9 Å². The number of nitrogens with two attached hydrogens (primary N) is 2. The largest absolute Gasteiger partial charge is 0.494 e. The van der Waals surface area contributed by atoms with E-state index in [2.05, 4.69) is 0 Å². The topological polar surface area (TPSA) is 118 Å². The maximum absolute atomic E-state index is 7.36. The third-order valence-electron chi connectivity index (χ3n) is 4.41. The molecule has 0 aliphatic rings. The fourth-order valence-electron chi connectivity index (χ4n) is 2.75. The van der Waals surface area contributed by atoms with Gasteiger partial charge in [0, 0.05) is 11.1 Å². The van der Waals surface area contributed by atoms with E-state index in [9.17, 15) is 0 Å². The monoisotopic (exact) mass is 382 g/mol. The highest BCUT2D eigenvalue weighted by Gasteiger charge is 1.99. The van der Waals surface area contributed by atoms with Gasteiger partial charge in [-0.1, -0.05) is 25.7 Å². The summed E-state index contributed by atoms with van der Waals surface area (Å²) in [6.45, 7) is 1.41. The zero-order valence-electron chi connectivity index (χ0n) is 16.2. The maximum atomic E-state index is 7.36. The average molecular weight is 383 g/mol. The molecule has 2 aromatic carbocycles. The van der Waals surface area contributed by atoms with Gasteiger partial charge in [0.05, 0.1) is 13.2 Å². The molecule has 28 heavy (non-hydrogen) atoms. The van der Waals surface area contributed by atoms with Crippen LogP contribution in [0.5, 0.6) is 11.5 Å². The summed E-state index contributed by atoms with van der Waals surface area (Å²) >= 11 is 0. The van der Waals surface area contributed by atoms with E-state index in [1.54, 1.807) is 24.3 Å². The number of ether oxygens (including phenoxy) is 2. The Kier molecular flexibility index (Phi) is 8.85. The number of unbranched alkanes of at least 4 members (excludes halogenated alkanes) is 5. The van der Waals surface area contributed by atoms with Crippen LogP contribution in [0.15, 0.2) is 48.5 Å². The molecule has 6 N–H and O–H groups in total. The second-order valence-corrected chi connectivity index (χ2v) is 6.69. The maximum Gasteiger partial charge on any atom is 0.122 e. The Morgan fingerprint density at radius 1 is 0.571 bits per heavy atom. The van der Waals surface area contributed by atoms with Crippen molar-refractivity contribution in [3.05, 3.63) is 59.7 Å². The highest BCUT2D eigenvalue weighted by Crippen LogP contribution is 2.14. The number of amidine groups is 2. The molecule has 0 saturated heterocycles. The number of rotatable bonds is 13. The van der Waals surface area contributed by atoms with E-state index in [0.29, 0.717) is 24.3 Å². The van der Waals surface area contributed by atoms with E-state index >= 15 is 0 Å². The minimum Gasteiger partial charge on any atom is -0.494 e. The summed E-state index contributed by atoms with van der Waals surface area (Å²) < 4.78 is 11.4. The molecule has 0 aliphatic carbocycles. The van der Waals surface area contributed by atoms with Crippen LogP contribution in [-0.2, 0) is 0 Å². The molecule has 0 aliphatic heterocycles.